The first-order valence-corrected chi connectivity index (χ1v) is 39.0. The van der Waals surface area contributed by atoms with Gasteiger partial charge in [0.25, 0.3) is 5.97 Å². The Kier molecular flexibility index (Phi) is 42.7. The fraction of sp³-hybridized carbons (Fsp3) is 0.558. The summed E-state index contributed by atoms with van der Waals surface area (Å²) in [6.45, 7) is 14.7. The molecular formula is C77H118N22O20. The average molecular weight is 1670 g/mol. The van der Waals surface area contributed by atoms with Gasteiger partial charge in [0.2, 0.25) is 106 Å². The van der Waals surface area contributed by atoms with Gasteiger partial charge in [0.05, 0.1) is 19.5 Å². The fourth-order valence-corrected chi connectivity index (χ4v) is 12.2. The van der Waals surface area contributed by atoms with Crippen molar-refractivity contribution in [2.45, 2.75) is 232 Å². The summed E-state index contributed by atoms with van der Waals surface area (Å²) >= 11 is 0. The van der Waals surface area contributed by atoms with Gasteiger partial charge in [-0.15, -0.1) is 0 Å². The van der Waals surface area contributed by atoms with Gasteiger partial charge in [-0.2, -0.15) is 0 Å². The Morgan fingerprint density at radius 3 is 1.41 bits per heavy atom. The normalized spacial score (nSPS) is 15.0. The van der Waals surface area contributed by atoms with Crippen molar-refractivity contribution in [1.29, 1.82) is 5.41 Å². The summed E-state index contributed by atoms with van der Waals surface area (Å²) < 4.78 is 0. The second-order valence-electron chi connectivity index (χ2n) is 30.4. The van der Waals surface area contributed by atoms with E-state index >= 15 is 0 Å². The van der Waals surface area contributed by atoms with Crippen LogP contribution in [0.3, 0.4) is 0 Å². The third kappa shape index (κ3) is 38.2. The van der Waals surface area contributed by atoms with Crippen LogP contribution in [-0.2, 0) is 104 Å². The minimum absolute atomic E-state index is 0.0166. The number of nitrogens with two attached hydrogens (primary N) is 5. The molecule has 0 unspecified atom stereocenters. The number of carboxylic acid groups (broad SMARTS) is 1. The molecule has 1 aliphatic heterocycles. The van der Waals surface area contributed by atoms with E-state index in [0.717, 1.165) is 6.92 Å². The molecule has 42 heteroatoms. The van der Waals surface area contributed by atoms with Crippen molar-refractivity contribution in [2.24, 2.45) is 52.3 Å². The Bertz CT molecular complexity index is 4070. The van der Waals surface area contributed by atoms with Crippen molar-refractivity contribution in [1.82, 2.24) is 84.7 Å². The summed E-state index contributed by atoms with van der Waals surface area (Å²) in [5.74, 6) is -18.5. The second-order valence-corrected chi connectivity index (χ2v) is 30.4. The molecule has 0 saturated carbocycles. The first-order chi connectivity index (χ1) is 55.8. The van der Waals surface area contributed by atoms with Crippen LogP contribution in [0.4, 0.5) is 0 Å². The summed E-state index contributed by atoms with van der Waals surface area (Å²) in [6.07, 6.45) is -1.08. The minimum atomic E-state index is -1.89. The number of primary amides is 4. The Morgan fingerprint density at radius 1 is 0.471 bits per heavy atom. The maximum absolute atomic E-state index is 14.6. The van der Waals surface area contributed by atoms with Gasteiger partial charge >= 0.3 is 0 Å². The highest BCUT2D eigenvalue weighted by Gasteiger charge is 2.38. The molecular weight excluding hydrogens is 1550 g/mol. The van der Waals surface area contributed by atoms with Crippen molar-refractivity contribution < 1.29 is 96.2 Å². The molecule has 119 heavy (non-hydrogen) atoms. The van der Waals surface area contributed by atoms with Crippen molar-refractivity contribution in [2.75, 3.05) is 19.6 Å². The van der Waals surface area contributed by atoms with Gasteiger partial charge in [-0.05, 0) is 99.2 Å². The van der Waals surface area contributed by atoms with Crippen LogP contribution < -0.4 is 108 Å². The van der Waals surface area contributed by atoms with E-state index in [1.165, 1.54) is 6.92 Å². The number of amides is 18. The van der Waals surface area contributed by atoms with E-state index in [2.05, 4.69) is 84.7 Å². The number of hydrogen-bond donors (Lipinski definition) is 23. The summed E-state index contributed by atoms with van der Waals surface area (Å²) in [5, 5.41) is 53.3. The molecule has 0 bridgehead atoms. The van der Waals surface area contributed by atoms with E-state index in [4.69, 9.17) is 44.0 Å². The molecule has 1 aliphatic rings. The van der Waals surface area contributed by atoms with Gasteiger partial charge in [-0.3, -0.25) is 96.5 Å². The zero-order chi connectivity index (χ0) is 89.5. The van der Waals surface area contributed by atoms with Crippen LogP contribution in [-0.4, -0.2) is 220 Å². The van der Waals surface area contributed by atoms with Crippen LogP contribution in [0.5, 0.6) is 0 Å². The average Bonchev–Trinajstić information content (AvgIpc) is 1.70. The number of fused-ring (bicyclic) bond motifs is 1. The van der Waals surface area contributed by atoms with Crippen molar-refractivity contribution in [3.63, 3.8) is 0 Å². The number of aromatic nitrogens is 1. The number of aromatic amines is 1. The van der Waals surface area contributed by atoms with E-state index in [0.29, 0.717) is 22.0 Å². The number of H-pyrrole nitrogens is 1. The van der Waals surface area contributed by atoms with Gasteiger partial charge in [-0.1, -0.05) is 104 Å². The highest BCUT2D eigenvalue weighted by Crippen LogP contribution is 2.21. The third-order valence-electron chi connectivity index (χ3n) is 18.2. The lowest BCUT2D eigenvalue weighted by molar-refractivity contribution is -0.136. The van der Waals surface area contributed by atoms with E-state index in [9.17, 15) is 86.3 Å². The summed E-state index contributed by atoms with van der Waals surface area (Å²) in [6, 6.07) is -1.37. The van der Waals surface area contributed by atoms with Crippen LogP contribution in [0.2, 0.25) is 0 Å². The van der Waals surface area contributed by atoms with Gasteiger partial charge < -0.3 is 119 Å². The SMILES string of the molecule is CC(=O)O.CC(C)C[C@H](NC(=O)[C@H](CC(C)C)NC(=O)[C@@H](Cc1ccccc1)NC(=O)CNC(=O)[C@@H](NC(=O)[C@H](C)NC(=O)[C@H](Cc1c[nH]c2ccccc12)NC(=O)[C@H](CCC(N)=O)NC(=O)[C@H](CC(N)=O)NC(=O)CNC(=O)[C@H](CC(C)C)NC(=O)[C@H](CCCNC(=N)N)NC(=O)[C@H](CCC(N)=O)NC(=O)[C@@H]1CCC(=O)N1)C(C)C)C(N)=O. The van der Waals surface area contributed by atoms with Gasteiger partial charge in [-0.25, -0.2) is 0 Å². The summed E-state index contributed by atoms with van der Waals surface area (Å²) in [5.41, 5.74) is 29.2. The molecule has 1 fully saturated rings. The number of para-hydroxylation sites is 1. The maximum atomic E-state index is 14.6. The quantitative estimate of drug-likeness (QED) is 0.0143. The third-order valence-corrected chi connectivity index (χ3v) is 18.2. The number of rotatable bonds is 50. The number of carbonyl (C=O) groups is 19. The molecule has 1 saturated heterocycles. The van der Waals surface area contributed by atoms with Crippen LogP contribution in [0, 0.1) is 29.1 Å². The summed E-state index contributed by atoms with van der Waals surface area (Å²) in [7, 11) is 0. The molecule has 2 aromatic carbocycles. The lowest BCUT2D eigenvalue weighted by Crippen LogP contribution is -2.60. The first kappa shape index (κ1) is 100. The molecule has 0 aliphatic carbocycles. The number of nitrogens with one attached hydrogen (secondary N) is 17. The van der Waals surface area contributed by atoms with Crippen molar-refractivity contribution >= 4 is 129 Å². The van der Waals surface area contributed by atoms with E-state index in [1.54, 1.807) is 88.5 Å². The Balaban J connectivity index is 0.00000893. The first-order valence-electron chi connectivity index (χ1n) is 39.0. The highest BCUT2D eigenvalue weighted by atomic mass is 16.4. The fourth-order valence-electron chi connectivity index (χ4n) is 12.2. The van der Waals surface area contributed by atoms with Crippen LogP contribution in [0.25, 0.3) is 10.9 Å². The largest absolute Gasteiger partial charge is 0.481 e. The van der Waals surface area contributed by atoms with Gasteiger partial charge in [0.15, 0.2) is 5.96 Å². The molecule has 4 rings (SSSR count). The molecule has 42 nitrogen and oxygen atoms in total. The Labute approximate surface area is 688 Å². The number of carboxylic acids is 1. The monoisotopic (exact) mass is 1670 g/mol. The maximum Gasteiger partial charge on any atom is 0.300 e. The number of benzene rings is 2. The van der Waals surface area contributed by atoms with Crippen molar-refractivity contribution in [3.8, 4) is 0 Å². The predicted octanol–water partition coefficient (Wildman–Crippen LogP) is -5.14. The predicted molar refractivity (Wildman–Crippen MR) is 432 cm³/mol. The molecule has 2 heterocycles. The lowest BCUT2D eigenvalue weighted by Gasteiger charge is -2.27. The summed E-state index contributed by atoms with van der Waals surface area (Å²) in [4.78, 5) is 255. The van der Waals surface area contributed by atoms with Crippen LogP contribution >= 0.6 is 0 Å². The van der Waals surface area contributed by atoms with Gasteiger partial charge in [0, 0.05) is 62.7 Å². The molecule has 656 valence electrons. The number of guanidine groups is 1. The highest BCUT2D eigenvalue weighted by molar-refractivity contribution is 6.01. The van der Waals surface area contributed by atoms with E-state index in [1.807, 2.05) is 27.7 Å². The topological polar surface area (TPSA) is 695 Å². The number of aliphatic carboxylic acids is 1. The Morgan fingerprint density at radius 2 is 0.908 bits per heavy atom. The molecule has 3 aromatic rings. The molecule has 18 amide bonds. The van der Waals surface area contributed by atoms with E-state index in [-0.39, 0.29) is 94.9 Å². The minimum Gasteiger partial charge on any atom is -0.481 e. The number of hydrogen-bond acceptors (Lipinski definition) is 20. The second kappa shape index (κ2) is 50.6. The zero-order valence-electron chi connectivity index (χ0n) is 68.6. The molecule has 12 atom stereocenters. The molecule has 28 N–H and O–H groups in total. The smallest absolute Gasteiger partial charge is 0.300 e. The van der Waals surface area contributed by atoms with Crippen LogP contribution in [0.15, 0.2) is 60.8 Å². The molecule has 0 spiro atoms. The van der Waals surface area contributed by atoms with Crippen molar-refractivity contribution in [3.05, 3.63) is 71.9 Å². The zero-order valence-corrected chi connectivity index (χ0v) is 68.6. The molecule has 0 radical (unpaired) electrons. The Hall–Kier alpha value is -12.8. The van der Waals surface area contributed by atoms with Gasteiger partial charge in [0.1, 0.15) is 72.5 Å². The van der Waals surface area contributed by atoms with Crippen LogP contribution in [0.1, 0.15) is 157 Å². The lowest BCUT2D eigenvalue weighted by atomic mass is 9.99. The molecule has 1 aromatic heterocycles. The standard InChI is InChI=1S/C75H114N22O18.C2H4O2/c1-37(2)28-50(63(79)104)93-71(112)52(30-39(5)6)95-72(113)53(31-42-16-11-10-12-17-42)88-61(103)36-85-74(115)62(40(7)8)97-64(105)41(9)86-70(111)54(32-43-34-83-45-19-14-13-18-44(43)45)96-69(110)49(22-25-57(77)99)92-73(114)55(33-58(78)100)89-60(102)35-84-65(106)51(29-38(3)4)94-66(107)46(20-15-27-82-75(80)81)90-68(109)48(21-24-56(76)98)91-67(108)47-23-26-59(101)87-47;1-2(3)4/h10-14,16-19,34,37-41,46-55,62,83H,15,20-33,35-36H2,1-9H3,(H2,76,98)(H2,77,99)(H2,78,100)(H2,79,104)(H,84,106)(H,85,115)(H,86,111)(H,87,101)(H,88,103)(H,89,102)(H,90,109)(H,91,108)(H,92,114)(H,93,112)(H,94,107)(H,95,113)(H,96,110)(H,97,105)(H4,80,81,82);1H3,(H,3,4)/t41-,46-,47-,48-,49-,50-,51-,52-,53+,54-,55-,62-;/m0./s1. The number of carbonyl (C=O) groups excluding carboxylic acids is 18. The van der Waals surface area contributed by atoms with E-state index < -0.39 is 229 Å².